The van der Waals surface area contributed by atoms with Gasteiger partial charge in [-0.1, -0.05) is 18.3 Å². The molecular formula is C15H20N4O5S2. The van der Waals surface area contributed by atoms with Crippen molar-refractivity contribution < 1.29 is 22.7 Å². The van der Waals surface area contributed by atoms with Crippen molar-refractivity contribution in [3.63, 3.8) is 0 Å². The Balaban J connectivity index is 2.22. The van der Waals surface area contributed by atoms with E-state index >= 15 is 0 Å². The lowest BCUT2D eigenvalue weighted by Crippen LogP contribution is -2.27. The van der Waals surface area contributed by atoms with E-state index in [1.807, 2.05) is 0 Å². The number of rotatable bonds is 8. The fourth-order valence-electron chi connectivity index (χ4n) is 2.10. The monoisotopic (exact) mass is 400 g/mol. The Kier molecular flexibility index (Phi) is 6.51. The fraction of sp³-hybridized carbons (Fsp3) is 0.400. The first-order valence-corrected chi connectivity index (χ1v) is 9.98. The molecule has 1 amide bonds. The van der Waals surface area contributed by atoms with Crippen LogP contribution in [0.25, 0.3) is 0 Å². The van der Waals surface area contributed by atoms with Crippen LogP contribution in [0.15, 0.2) is 22.5 Å². The highest BCUT2D eigenvalue weighted by atomic mass is 32.2. The molecule has 0 fully saturated rings. The summed E-state index contributed by atoms with van der Waals surface area (Å²) in [6, 6.07) is 4.50. The number of ether oxygens (including phenoxy) is 2. The van der Waals surface area contributed by atoms with Gasteiger partial charge in [0.1, 0.15) is 11.5 Å². The molecular weight excluding hydrogens is 380 g/mol. The standard InChI is InChI=1S/C15H20N4O5S2/c1-5-13(20)16-14-17-18-15(25-14)26(21,22)19-9(2)11-8-10(23-3)6-7-12(11)24-4/h6-9,19H,5H2,1-4H3,(H,16,17,20)/t9-/m0/s1. The maximum Gasteiger partial charge on any atom is 0.270 e. The summed E-state index contributed by atoms with van der Waals surface area (Å²) in [5, 5.41) is 9.94. The van der Waals surface area contributed by atoms with Crippen molar-refractivity contribution >= 4 is 32.4 Å². The zero-order valence-corrected chi connectivity index (χ0v) is 16.4. The van der Waals surface area contributed by atoms with Gasteiger partial charge in [0, 0.05) is 18.0 Å². The van der Waals surface area contributed by atoms with Gasteiger partial charge >= 0.3 is 0 Å². The van der Waals surface area contributed by atoms with Crippen molar-refractivity contribution in [3.8, 4) is 11.5 Å². The van der Waals surface area contributed by atoms with Crippen LogP contribution in [0.2, 0.25) is 0 Å². The van der Waals surface area contributed by atoms with E-state index in [1.54, 1.807) is 32.0 Å². The number of carbonyl (C=O) groups is 1. The van der Waals surface area contributed by atoms with Gasteiger partial charge in [-0.3, -0.25) is 4.79 Å². The van der Waals surface area contributed by atoms with Crippen LogP contribution in [0.5, 0.6) is 11.5 Å². The summed E-state index contributed by atoms with van der Waals surface area (Å²) in [5.41, 5.74) is 0.611. The van der Waals surface area contributed by atoms with Crippen LogP contribution >= 0.6 is 11.3 Å². The van der Waals surface area contributed by atoms with E-state index in [-0.39, 0.29) is 21.8 Å². The van der Waals surface area contributed by atoms with Crippen molar-refractivity contribution in [2.45, 2.75) is 30.6 Å². The van der Waals surface area contributed by atoms with E-state index in [9.17, 15) is 13.2 Å². The van der Waals surface area contributed by atoms with Crippen LogP contribution in [-0.2, 0) is 14.8 Å². The van der Waals surface area contributed by atoms with Crippen molar-refractivity contribution in [1.29, 1.82) is 0 Å². The van der Waals surface area contributed by atoms with E-state index in [4.69, 9.17) is 9.47 Å². The number of benzene rings is 1. The highest BCUT2D eigenvalue weighted by Crippen LogP contribution is 2.30. The minimum absolute atomic E-state index is 0.129. The third-order valence-corrected chi connectivity index (χ3v) is 6.19. The Morgan fingerprint density at radius 1 is 1.27 bits per heavy atom. The first kappa shape index (κ1) is 20.1. The number of carbonyl (C=O) groups excluding carboxylic acids is 1. The van der Waals surface area contributed by atoms with Crippen LogP contribution in [0.3, 0.4) is 0 Å². The predicted molar refractivity (Wildman–Crippen MR) is 97.1 cm³/mol. The molecule has 0 aliphatic carbocycles. The third kappa shape index (κ3) is 4.68. The molecule has 0 radical (unpaired) electrons. The molecule has 0 spiro atoms. The van der Waals surface area contributed by atoms with Crippen LogP contribution in [0.4, 0.5) is 5.13 Å². The number of amides is 1. The third-order valence-electron chi connectivity index (χ3n) is 3.44. The van der Waals surface area contributed by atoms with Crippen molar-refractivity contribution in [3.05, 3.63) is 23.8 Å². The van der Waals surface area contributed by atoms with Crippen LogP contribution in [-0.4, -0.2) is 38.7 Å². The number of methoxy groups -OCH3 is 2. The van der Waals surface area contributed by atoms with Gasteiger partial charge in [0.05, 0.1) is 14.2 Å². The zero-order chi connectivity index (χ0) is 19.3. The Labute approximate surface area is 155 Å². The summed E-state index contributed by atoms with van der Waals surface area (Å²) in [4.78, 5) is 11.4. The maximum absolute atomic E-state index is 12.6. The minimum atomic E-state index is -3.93. The van der Waals surface area contributed by atoms with Crippen LogP contribution in [0, 0.1) is 0 Å². The van der Waals surface area contributed by atoms with Gasteiger partial charge < -0.3 is 14.8 Å². The molecule has 1 aromatic carbocycles. The maximum atomic E-state index is 12.6. The smallest absolute Gasteiger partial charge is 0.270 e. The Bertz CT molecular complexity index is 882. The largest absolute Gasteiger partial charge is 0.497 e. The second-order valence-electron chi connectivity index (χ2n) is 5.23. The second-order valence-corrected chi connectivity index (χ2v) is 8.09. The molecule has 142 valence electrons. The van der Waals surface area contributed by atoms with E-state index in [0.29, 0.717) is 17.1 Å². The second kappa shape index (κ2) is 8.43. The Morgan fingerprint density at radius 3 is 2.62 bits per heavy atom. The summed E-state index contributed by atoms with van der Waals surface area (Å²) in [7, 11) is -0.905. The first-order chi connectivity index (χ1) is 12.3. The van der Waals surface area contributed by atoms with E-state index in [0.717, 1.165) is 11.3 Å². The molecule has 2 aromatic rings. The lowest BCUT2D eigenvalue weighted by atomic mass is 10.1. The predicted octanol–water partition coefficient (Wildman–Crippen LogP) is 1.94. The van der Waals surface area contributed by atoms with Gasteiger partial charge in [0.15, 0.2) is 0 Å². The van der Waals surface area contributed by atoms with Crippen LogP contribution in [0.1, 0.15) is 31.9 Å². The summed E-state index contributed by atoms with van der Waals surface area (Å²) >= 11 is 0.778. The summed E-state index contributed by atoms with van der Waals surface area (Å²) in [5.74, 6) is 0.828. The molecule has 0 unspecified atom stereocenters. The van der Waals surface area contributed by atoms with Gasteiger partial charge in [-0.2, -0.15) is 0 Å². The highest BCUT2D eigenvalue weighted by Gasteiger charge is 2.25. The Morgan fingerprint density at radius 2 is 2.00 bits per heavy atom. The number of nitrogens with zero attached hydrogens (tertiary/aromatic N) is 2. The van der Waals surface area contributed by atoms with Gasteiger partial charge in [-0.25, -0.2) is 13.1 Å². The van der Waals surface area contributed by atoms with Crippen molar-refractivity contribution in [2.24, 2.45) is 0 Å². The zero-order valence-electron chi connectivity index (χ0n) is 14.8. The average Bonchev–Trinajstić information content (AvgIpc) is 3.10. The Hall–Kier alpha value is -2.24. The van der Waals surface area contributed by atoms with Crippen LogP contribution < -0.4 is 19.5 Å². The van der Waals surface area contributed by atoms with Gasteiger partial charge in [0.25, 0.3) is 10.0 Å². The number of hydrogen-bond acceptors (Lipinski definition) is 8. The van der Waals surface area contributed by atoms with E-state index in [1.165, 1.54) is 14.2 Å². The number of nitrogens with one attached hydrogen (secondary N) is 2. The average molecular weight is 400 g/mol. The molecule has 9 nitrogen and oxygen atoms in total. The van der Waals surface area contributed by atoms with E-state index < -0.39 is 16.1 Å². The SMILES string of the molecule is CCC(=O)Nc1nnc(S(=O)(=O)N[C@@H](C)c2cc(OC)ccc2OC)s1. The number of aromatic nitrogens is 2. The molecule has 0 bridgehead atoms. The fourth-order valence-corrected chi connectivity index (χ4v) is 4.26. The summed E-state index contributed by atoms with van der Waals surface area (Å²) in [6.45, 7) is 3.36. The van der Waals surface area contributed by atoms with Crippen molar-refractivity contribution in [1.82, 2.24) is 14.9 Å². The molecule has 1 heterocycles. The molecule has 1 aromatic heterocycles. The number of hydrogen-bond donors (Lipinski definition) is 2. The molecule has 2 N–H and O–H groups in total. The normalized spacial score (nSPS) is 12.5. The number of anilines is 1. The molecule has 0 aliphatic rings. The minimum Gasteiger partial charge on any atom is -0.497 e. The molecule has 26 heavy (non-hydrogen) atoms. The molecule has 0 saturated carbocycles. The summed E-state index contributed by atoms with van der Waals surface area (Å²) in [6.07, 6.45) is 0.257. The molecule has 2 rings (SSSR count). The van der Waals surface area contributed by atoms with Gasteiger partial charge in [-0.15, -0.1) is 10.2 Å². The summed E-state index contributed by atoms with van der Waals surface area (Å²) < 4.78 is 37.9. The molecule has 1 atom stereocenters. The lowest BCUT2D eigenvalue weighted by molar-refractivity contribution is -0.115. The lowest BCUT2D eigenvalue weighted by Gasteiger charge is -2.17. The molecule has 0 saturated heterocycles. The molecule has 11 heteroatoms. The van der Waals surface area contributed by atoms with Gasteiger partial charge in [0.2, 0.25) is 15.4 Å². The van der Waals surface area contributed by atoms with Gasteiger partial charge in [-0.05, 0) is 25.1 Å². The quantitative estimate of drug-likeness (QED) is 0.650. The topological polar surface area (TPSA) is 120 Å². The molecule has 0 aliphatic heterocycles. The first-order valence-electron chi connectivity index (χ1n) is 7.68. The highest BCUT2D eigenvalue weighted by molar-refractivity contribution is 7.91. The van der Waals surface area contributed by atoms with E-state index in [2.05, 4.69) is 20.2 Å². The van der Waals surface area contributed by atoms with Crippen molar-refractivity contribution in [2.75, 3.05) is 19.5 Å². The number of sulfonamides is 1.